The van der Waals surface area contributed by atoms with Gasteiger partial charge in [0, 0.05) is 7.11 Å². The van der Waals surface area contributed by atoms with Crippen molar-refractivity contribution in [2.24, 2.45) is 0 Å². The van der Waals surface area contributed by atoms with E-state index in [1.807, 2.05) is 13.8 Å². The second-order valence-corrected chi connectivity index (χ2v) is 3.51. The zero-order valence-corrected chi connectivity index (χ0v) is 12.0. The number of benzene rings is 1. The van der Waals surface area contributed by atoms with Gasteiger partial charge in [-0.15, -0.1) is 0 Å². The van der Waals surface area contributed by atoms with Crippen LogP contribution in [-0.2, 0) is 11.2 Å². The van der Waals surface area contributed by atoms with Crippen LogP contribution in [-0.4, -0.2) is 19.0 Å². The maximum atomic E-state index is 7.65. The molecule has 0 saturated heterocycles. The van der Waals surface area contributed by atoms with E-state index in [0.29, 0.717) is 0 Å². The molecule has 0 unspecified atom stereocenters. The number of hydrogen-bond donors (Lipinski definition) is 1. The van der Waals surface area contributed by atoms with Crippen molar-refractivity contribution < 1.29 is 9.84 Å². The molecule has 0 heterocycles. The summed E-state index contributed by atoms with van der Waals surface area (Å²) >= 11 is 0. The Morgan fingerprint density at radius 2 is 1.82 bits per heavy atom. The van der Waals surface area contributed by atoms with E-state index >= 15 is 0 Å². The number of hydrogen-bond acceptors (Lipinski definition) is 2. The smallest absolute Gasteiger partial charge is 0.143 e. The zero-order chi connectivity index (χ0) is 13.5. The predicted molar refractivity (Wildman–Crippen MR) is 75.2 cm³/mol. The van der Waals surface area contributed by atoms with Crippen LogP contribution in [0.25, 0.3) is 0 Å². The van der Waals surface area contributed by atoms with Crippen molar-refractivity contribution in [1.29, 1.82) is 0 Å². The molecule has 1 rings (SSSR count). The van der Waals surface area contributed by atoms with Crippen molar-refractivity contribution in [3.8, 4) is 0 Å². The molecule has 0 spiro atoms. The summed E-state index contributed by atoms with van der Waals surface area (Å²) in [5.74, 6) is 0. The summed E-state index contributed by atoms with van der Waals surface area (Å²) in [6, 6.07) is 8.77. The fourth-order valence-corrected chi connectivity index (χ4v) is 1.25. The SMILES string of the molecule is CC.CCCCc1cccc(C)c1.COCO. The Bertz CT molecular complexity index is 244. The molecule has 100 valence electrons. The van der Waals surface area contributed by atoms with Crippen LogP contribution in [0.4, 0.5) is 0 Å². The van der Waals surface area contributed by atoms with Gasteiger partial charge in [-0.3, -0.25) is 0 Å². The Labute approximate surface area is 107 Å². The molecule has 1 aromatic rings. The van der Waals surface area contributed by atoms with E-state index in [1.165, 1.54) is 37.5 Å². The highest BCUT2D eigenvalue weighted by Gasteiger charge is 1.90. The number of rotatable bonds is 4. The number of ether oxygens (including phenoxy) is 1. The summed E-state index contributed by atoms with van der Waals surface area (Å²) in [4.78, 5) is 0. The number of aliphatic hydroxyl groups excluding tert-OH is 1. The molecule has 0 aliphatic heterocycles. The van der Waals surface area contributed by atoms with Gasteiger partial charge in [-0.2, -0.15) is 0 Å². The summed E-state index contributed by atoms with van der Waals surface area (Å²) < 4.78 is 4.10. The predicted octanol–water partition coefficient (Wildman–Crippen LogP) is 3.95. The van der Waals surface area contributed by atoms with Gasteiger partial charge >= 0.3 is 0 Å². The molecule has 0 amide bonds. The highest BCUT2D eigenvalue weighted by molar-refractivity contribution is 5.22. The third-order valence-corrected chi connectivity index (χ3v) is 2.03. The van der Waals surface area contributed by atoms with Gasteiger partial charge in [0.05, 0.1) is 0 Å². The molecule has 0 aliphatic carbocycles. The summed E-state index contributed by atoms with van der Waals surface area (Å²) in [6.07, 6.45) is 3.83. The van der Waals surface area contributed by atoms with Gasteiger partial charge in [0.2, 0.25) is 0 Å². The van der Waals surface area contributed by atoms with Crippen molar-refractivity contribution >= 4 is 0 Å². The Morgan fingerprint density at radius 1 is 1.24 bits per heavy atom. The van der Waals surface area contributed by atoms with Crippen LogP contribution in [0.1, 0.15) is 44.7 Å². The maximum absolute atomic E-state index is 7.65. The molecule has 2 nitrogen and oxygen atoms in total. The largest absolute Gasteiger partial charge is 0.371 e. The first-order valence-electron chi connectivity index (χ1n) is 6.40. The molecule has 0 bridgehead atoms. The van der Waals surface area contributed by atoms with Gasteiger partial charge in [-0.25, -0.2) is 0 Å². The number of unbranched alkanes of at least 4 members (excludes halogenated alkanes) is 1. The molecule has 0 aliphatic rings. The van der Waals surface area contributed by atoms with Gasteiger partial charge in [0.15, 0.2) is 0 Å². The van der Waals surface area contributed by atoms with E-state index in [4.69, 9.17) is 5.11 Å². The van der Waals surface area contributed by atoms with Crippen molar-refractivity contribution in [1.82, 2.24) is 0 Å². The second-order valence-electron chi connectivity index (χ2n) is 3.51. The molecule has 2 heteroatoms. The Morgan fingerprint density at radius 3 is 2.24 bits per heavy atom. The van der Waals surface area contributed by atoms with E-state index in [0.717, 1.165) is 0 Å². The molecule has 1 N–H and O–H groups in total. The van der Waals surface area contributed by atoms with E-state index < -0.39 is 0 Å². The van der Waals surface area contributed by atoms with Crippen molar-refractivity contribution in [3.63, 3.8) is 0 Å². The third kappa shape index (κ3) is 13.1. The van der Waals surface area contributed by atoms with Crippen LogP contribution in [0, 0.1) is 6.92 Å². The first-order valence-corrected chi connectivity index (χ1v) is 6.40. The van der Waals surface area contributed by atoms with E-state index in [2.05, 4.69) is 42.8 Å². The fourth-order valence-electron chi connectivity index (χ4n) is 1.25. The lowest BCUT2D eigenvalue weighted by atomic mass is 10.1. The average molecular weight is 240 g/mol. The van der Waals surface area contributed by atoms with E-state index in [-0.39, 0.29) is 6.79 Å². The van der Waals surface area contributed by atoms with Gasteiger partial charge in [-0.05, 0) is 25.3 Å². The molecule has 1 aromatic carbocycles. The van der Waals surface area contributed by atoms with Gasteiger partial charge < -0.3 is 9.84 Å². The van der Waals surface area contributed by atoms with Crippen LogP contribution in [0.2, 0.25) is 0 Å². The van der Waals surface area contributed by atoms with Crippen molar-refractivity contribution in [3.05, 3.63) is 35.4 Å². The van der Waals surface area contributed by atoms with E-state index in [1.54, 1.807) is 0 Å². The lowest BCUT2D eigenvalue weighted by Gasteiger charge is -1.99. The minimum absolute atomic E-state index is 0.181. The van der Waals surface area contributed by atoms with Crippen molar-refractivity contribution in [2.75, 3.05) is 13.9 Å². The van der Waals surface area contributed by atoms with Gasteiger partial charge in [-0.1, -0.05) is 57.0 Å². The minimum atomic E-state index is -0.181. The normalized spacial score (nSPS) is 8.59. The molecule has 0 fully saturated rings. The first-order chi connectivity index (χ1) is 8.24. The van der Waals surface area contributed by atoms with Crippen LogP contribution < -0.4 is 0 Å². The number of methoxy groups -OCH3 is 1. The lowest BCUT2D eigenvalue weighted by molar-refractivity contribution is 0.0325. The Hall–Kier alpha value is -0.860. The van der Waals surface area contributed by atoms with Crippen LogP contribution in [0.5, 0.6) is 0 Å². The van der Waals surface area contributed by atoms with Gasteiger partial charge in [0.25, 0.3) is 0 Å². The third-order valence-electron chi connectivity index (χ3n) is 2.03. The summed E-state index contributed by atoms with van der Waals surface area (Å²) in [7, 11) is 1.43. The first kappa shape index (κ1) is 18.5. The fraction of sp³-hybridized carbons (Fsp3) is 0.600. The number of aliphatic hydroxyl groups is 1. The van der Waals surface area contributed by atoms with Crippen LogP contribution in [0.3, 0.4) is 0 Å². The van der Waals surface area contributed by atoms with Crippen molar-refractivity contribution in [2.45, 2.75) is 47.0 Å². The lowest BCUT2D eigenvalue weighted by Crippen LogP contribution is -1.84. The molecule has 17 heavy (non-hydrogen) atoms. The quantitative estimate of drug-likeness (QED) is 0.808. The topological polar surface area (TPSA) is 29.5 Å². The molecular formula is C15H28O2. The highest BCUT2D eigenvalue weighted by Crippen LogP contribution is 2.07. The minimum Gasteiger partial charge on any atom is -0.371 e. The second kappa shape index (κ2) is 15.1. The zero-order valence-electron chi connectivity index (χ0n) is 12.0. The molecule has 0 radical (unpaired) electrons. The summed E-state index contributed by atoms with van der Waals surface area (Å²) in [5, 5.41) is 7.65. The Balaban J connectivity index is 0. The highest BCUT2D eigenvalue weighted by atomic mass is 16.6. The molecular weight excluding hydrogens is 212 g/mol. The summed E-state index contributed by atoms with van der Waals surface area (Å²) in [6.45, 7) is 8.20. The van der Waals surface area contributed by atoms with Crippen LogP contribution in [0.15, 0.2) is 24.3 Å². The monoisotopic (exact) mass is 240 g/mol. The summed E-state index contributed by atoms with van der Waals surface area (Å²) in [5.41, 5.74) is 2.85. The van der Waals surface area contributed by atoms with E-state index in [9.17, 15) is 0 Å². The number of aryl methyl sites for hydroxylation is 2. The van der Waals surface area contributed by atoms with Crippen LogP contribution >= 0.6 is 0 Å². The molecule has 0 aromatic heterocycles. The molecule has 0 saturated carbocycles. The average Bonchev–Trinajstić information content (AvgIpc) is 2.39. The standard InChI is InChI=1S/C11H16.C2H6O2.C2H6/c1-3-4-7-11-8-5-6-10(2)9-11;1-4-2-3;1-2/h5-6,8-9H,3-4,7H2,1-2H3;3H,2H2,1H3;1-2H3. The molecule has 0 atom stereocenters. The Kier molecular flexibility index (Phi) is 16.5. The van der Waals surface area contributed by atoms with Gasteiger partial charge in [0.1, 0.15) is 6.79 Å². The maximum Gasteiger partial charge on any atom is 0.143 e.